The molecule has 66 valence electrons. The molecule has 0 fully saturated rings. The van der Waals surface area contributed by atoms with Gasteiger partial charge in [-0.2, -0.15) is 5.26 Å². The summed E-state index contributed by atoms with van der Waals surface area (Å²) in [6.07, 6.45) is 0. The molecule has 1 aromatic rings. The van der Waals surface area contributed by atoms with Crippen LogP contribution in [0.15, 0.2) is 24.3 Å². The maximum Gasteiger partial charge on any atom is 0.0855 e. The first-order valence-corrected chi connectivity index (χ1v) is 4.27. The lowest BCUT2D eigenvalue weighted by molar-refractivity contribution is 1.00. The molecule has 1 unspecified atom stereocenters. The first-order chi connectivity index (χ1) is 6.15. The standard InChI is InChI=1S/C10H9ClN2/c1-7(6-12)10(13)8-2-4-9(11)5-3-8/h2-5,7,13H,1H3. The van der Waals surface area contributed by atoms with E-state index in [2.05, 4.69) is 0 Å². The Balaban J connectivity index is 2.91. The molecule has 0 aliphatic heterocycles. The Morgan fingerprint density at radius 2 is 2.00 bits per heavy atom. The van der Waals surface area contributed by atoms with Gasteiger partial charge in [0.15, 0.2) is 0 Å². The number of nitrogens with zero attached hydrogens (tertiary/aromatic N) is 1. The van der Waals surface area contributed by atoms with Crippen LogP contribution < -0.4 is 0 Å². The highest BCUT2D eigenvalue weighted by molar-refractivity contribution is 6.30. The van der Waals surface area contributed by atoms with Crippen molar-refractivity contribution in [2.45, 2.75) is 6.92 Å². The van der Waals surface area contributed by atoms with E-state index in [1.54, 1.807) is 31.2 Å². The highest BCUT2D eigenvalue weighted by Crippen LogP contribution is 2.12. The summed E-state index contributed by atoms with van der Waals surface area (Å²) < 4.78 is 0. The normalized spacial score (nSPS) is 11.8. The van der Waals surface area contributed by atoms with Crippen LogP contribution in [0.5, 0.6) is 0 Å². The fourth-order valence-corrected chi connectivity index (χ4v) is 1.07. The monoisotopic (exact) mass is 192 g/mol. The molecule has 1 rings (SSSR count). The van der Waals surface area contributed by atoms with Gasteiger partial charge in [-0.05, 0) is 24.6 Å². The zero-order chi connectivity index (χ0) is 9.84. The van der Waals surface area contributed by atoms with Gasteiger partial charge >= 0.3 is 0 Å². The van der Waals surface area contributed by atoms with Crippen LogP contribution in [0.2, 0.25) is 5.02 Å². The second kappa shape index (κ2) is 4.06. The zero-order valence-corrected chi connectivity index (χ0v) is 7.97. The third-order valence-corrected chi connectivity index (χ3v) is 2.03. The van der Waals surface area contributed by atoms with E-state index in [0.29, 0.717) is 10.7 Å². The van der Waals surface area contributed by atoms with Crippen molar-refractivity contribution in [3.8, 4) is 6.07 Å². The van der Waals surface area contributed by atoms with Gasteiger partial charge in [0.1, 0.15) is 0 Å². The molecule has 0 heterocycles. The number of nitrogens with one attached hydrogen (secondary N) is 1. The number of nitriles is 1. The van der Waals surface area contributed by atoms with E-state index in [4.69, 9.17) is 22.3 Å². The summed E-state index contributed by atoms with van der Waals surface area (Å²) in [6.45, 7) is 1.71. The minimum absolute atomic E-state index is 0.333. The van der Waals surface area contributed by atoms with Gasteiger partial charge in [0.05, 0.1) is 17.7 Å². The zero-order valence-electron chi connectivity index (χ0n) is 7.21. The fourth-order valence-electron chi connectivity index (χ4n) is 0.944. The highest BCUT2D eigenvalue weighted by atomic mass is 35.5. The first kappa shape index (κ1) is 9.76. The summed E-state index contributed by atoms with van der Waals surface area (Å²) in [5, 5.41) is 16.9. The van der Waals surface area contributed by atoms with Gasteiger partial charge in [0, 0.05) is 5.02 Å². The van der Waals surface area contributed by atoms with Crippen LogP contribution in [-0.2, 0) is 0 Å². The molecule has 1 N–H and O–H groups in total. The molecule has 0 aliphatic rings. The number of benzene rings is 1. The van der Waals surface area contributed by atoms with Gasteiger partial charge in [-0.3, -0.25) is 0 Å². The molecule has 1 aromatic carbocycles. The van der Waals surface area contributed by atoms with Gasteiger partial charge in [0.25, 0.3) is 0 Å². The van der Waals surface area contributed by atoms with Gasteiger partial charge in [-0.15, -0.1) is 0 Å². The molecule has 2 nitrogen and oxygen atoms in total. The van der Waals surface area contributed by atoms with Crippen LogP contribution in [0.4, 0.5) is 0 Å². The summed E-state index contributed by atoms with van der Waals surface area (Å²) in [7, 11) is 0. The molecule has 0 bridgehead atoms. The molecular formula is C10H9ClN2. The molecule has 0 saturated heterocycles. The molecule has 0 amide bonds. The average Bonchev–Trinajstić information content (AvgIpc) is 2.17. The van der Waals surface area contributed by atoms with E-state index in [1.165, 1.54) is 0 Å². The van der Waals surface area contributed by atoms with Crippen molar-refractivity contribution in [2.24, 2.45) is 5.92 Å². The van der Waals surface area contributed by atoms with E-state index < -0.39 is 0 Å². The Morgan fingerprint density at radius 3 is 2.46 bits per heavy atom. The Labute approximate surface area is 82.3 Å². The molecule has 1 atom stereocenters. The summed E-state index contributed by atoms with van der Waals surface area (Å²) in [6, 6.07) is 8.95. The van der Waals surface area contributed by atoms with Crippen molar-refractivity contribution >= 4 is 17.3 Å². The maximum absolute atomic E-state index is 8.60. The van der Waals surface area contributed by atoms with E-state index in [9.17, 15) is 0 Å². The predicted octanol–water partition coefficient (Wildman–Crippen LogP) is 2.87. The number of hydrogen-bond acceptors (Lipinski definition) is 2. The number of hydrogen-bond donors (Lipinski definition) is 1. The van der Waals surface area contributed by atoms with Crippen LogP contribution in [0, 0.1) is 22.7 Å². The molecule has 0 aliphatic carbocycles. The Hall–Kier alpha value is -1.33. The average molecular weight is 193 g/mol. The van der Waals surface area contributed by atoms with Crippen LogP contribution in [0.3, 0.4) is 0 Å². The second-order valence-corrected chi connectivity index (χ2v) is 3.21. The number of rotatable bonds is 2. The van der Waals surface area contributed by atoms with Crippen LogP contribution in [0.25, 0.3) is 0 Å². The van der Waals surface area contributed by atoms with Crippen molar-refractivity contribution in [3.05, 3.63) is 34.9 Å². The summed E-state index contributed by atoms with van der Waals surface area (Å²) >= 11 is 5.69. The van der Waals surface area contributed by atoms with Gasteiger partial charge in [-0.25, -0.2) is 0 Å². The topological polar surface area (TPSA) is 47.6 Å². The van der Waals surface area contributed by atoms with E-state index >= 15 is 0 Å². The van der Waals surface area contributed by atoms with Gasteiger partial charge in [-0.1, -0.05) is 23.7 Å². The molecule has 0 aromatic heterocycles. The third kappa shape index (κ3) is 2.30. The lowest BCUT2D eigenvalue weighted by Gasteiger charge is -2.04. The predicted molar refractivity (Wildman–Crippen MR) is 53.1 cm³/mol. The molecule has 3 heteroatoms. The summed E-state index contributed by atoms with van der Waals surface area (Å²) in [5.41, 5.74) is 1.08. The molecule has 0 saturated carbocycles. The van der Waals surface area contributed by atoms with E-state index in [0.717, 1.165) is 5.56 Å². The van der Waals surface area contributed by atoms with Crippen LogP contribution in [-0.4, -0.2) is 5.71 Å². The van der Waals surface area contributed by atoms with Crippen LogP contribution in [0.1, 0.15) is 12.5 Å². The molecule has 0 spiro atoms. The first-order valence-electron chi connectivity index (χ1n) is 3.89. The van der Waals surface area contributed by atoms with Crippen molar-refractivity contribution in [1.29, 1.82) is 10.7 Å². The Kier molecular flexibility index (Phi) is 3.05. The quantitative estimate of drug-likeness (QED) is 0.720. The molecule has 13 heavy (non-hydrogen) atoms. The molecule has 0 radical (unpaired) electrons. The van der Waals surface area contributed by atoms with Crippen molar-refractivity contribution in [1.82, 2.24) is 0 Å². The summed E-state index contributed by atoms with van der Waals surface area (Å²) in [4.78, 5) is 0. The van der Waals surface area contributed by atoms with Crippen LogP contribution >= 0.6 is 11.6 Å². The number of halogens is 1. The minimum Gasteiger partial charge on any atom is -0.303 e. The minimum atomic E-state index is -0.374. The lowest BCUT2D eigenvalue weighted by Crippen LogP contribution is -2.08. The second-order valence-electron chi connectivity index (χ2n) is 2.77. The van der Waals surface area contributed by atoms with E-state index in [1.807, 2.05) is 6.07 Å². The Bertz CT molecular complexity index is 348. The third-order valence-electron chi connectivity index (χ3n) is 1.78. The Morgan fingerprint density at radius 1 is 1.46 bits per heavy atom. The summed E-state index contributed by atoms with van der Waals surface area (Å²) in [5.74, 6) is -0.374. The van der Waals surface area contributed by atoms with Crippen molar-refractivity contribution in [3.63, 3.8) is 0 Å². The van der Waals surface area contributed by atoms with E-state index in [-0.39, 0.29) is 5.92 Å². The fraction of sp³-hybridized carbons (Fsp3) is 0.200. The van der Waals surface area contributed by atoms with Gasteiger partial charge < -0.3 is 5.41 Å². The highest BCUT2D eigenvalue weighted by Gasteiger charge is 2.09. The smallest absolute Gasteiger partial charge is 0.0855 e. The van der Waals surface area contributed by atoms with Crippen molar-refractivity contribution in [2.75, 3.05) is 0 Å². The largest absolute Gasteiger partial charge is 0.303 e. The lowest BCUT2D eigenvalue weighted by atomic mass is 10.0. The molecular weight excluding hydrogens is 184 g/mol. The van der Waals surface area contributed by atoms with Gasteiger partial charge in [0.2, 0.25) is 0 Å². The maximum atomic E-state index is 8.60. The van der Waals surface area contributed by atoms with Crippen molar-refractivity contribution < 1.29 is 0 Å². The SMILES string of the molecule is CC(C#N)C(=N)c1ccc(Cl)cc1.